The molecule has 0 unspecified atom stereocenters. The van der Waals surface area contributed by atoms with E-state index in [1.54, 1.807) is 6.20 Å². The van der Waals surface area contributed by atoms with Crippen LogP contribution in [-0.2, 0) is 5.54 Å². The number of nitrogens with zero attached hydrogens (tertiary/aromatic N) is 4. The van der Waals surface area contributed by atoms with Gasteiger partial charge in [-0.25, -0.2) is 0 Å². The van der Waals surface area contributed by atoms with Gasteiger partial charge in [-0.2, -0.15) is 5.10 Å². The van der Waals surface area contributed by atoms with E-state index in [1.807, 2.05) is 28.8 Å². The molecule has 2 aromatic heterocycles. The molecule has 0 aromatic carbocycles. The summed E-state index contributed by atoms with van der Waals surface area (Å²) in [4.78, 5) is 14.7. The smallest absolute Gasteiger partial charge is 0.257 e. The van der Waals surface area contributed by atoms with E-state index in [-0.39, 0.29) is 17.5 Å². The van der Waals surface area contributed by atoms with E-state index in [9.17, 15) is 4.79 Å². The first-order valence-corrected chi connectivity index (χ1v) is 7.65. The molecule has 1 amide bonds. The zero-order chi connectivity index (χ0) is 15.9. The lowest BCUT2D eigenvalue weighted by molar-refractivity contribution is 0.0730. The van der Waals surface area contributed by atoms with Crippen LogP contribution < -0.4 is 0 Å². The van der Waals surface area contributed by atoms with Crippen LogP contribution in [0.5, 0.6) is 0 Å². The van der Waals surface area contributed by atoms with Crippen molar-refractivity contribution in [2.45, 2.75) is 52.1 Å². The summed E-state index contributed by atoms with van der Waals surface area (Å²) in [5.74, 6) is 0.786. The van der Waals surface area contributed by atoms with Crippen LogP contribution in [0.2, 0.25) is 0 Å². The third-order valence-electron chi connectivity index (χ3n) is 4.02. The standard InChI is InChI=1S/C16H22N4O2/c1-11-8-13(18-22-11)14-6-5-7-19(14)15(21)12-9-17-20(10-12)16(2,3)4/h8-10,14H,5-7H2,1-4H3/t14-/m0/s1. The minimum absolute atomic E-state index is 0.00272. The van der Waals surface area contributed by atoms with Crippen LogP contribution in [0.1, 0.15) is 61.5 Å². The van der Waals surface area contributed by atoms with Crippen LogP contribution in [0.3, 0.4) is 0 Å². The molecule has 0 N–H and O–H groups in total. The van der Waals surface area contributed by atoms with Gasteiger partial charge >= 0.3 is 0 Å². The molecule has 1 saturated heterocycles. The first-order chi connectivity index (χ1) is 10.4. The lowest BCUT2D eigenvalue weighted by atomic mass is 10.1. The van der Waals surface area contributed by atoms with E-state index < -0.39 is 0 Å². The molecule has 0 bridgehead atoms. The summed E-state index contributed by atoms with van der Waals surface area (Å²) >= 11 is 0. The summed E-state index contributed by atoms with van der Waals surface area (Å²) in [6.45, 7) is 8.79. The molecule has 0 radical (unpaired) electrons. The van der Waals surface area contributed by atoms with E-state index >= 15 is 0 Å². The SMILES string of the molecule is Cc1cc([C@@H]2CCCN2C(=O)c2cnn(C(C)(C)C)c2)no1. The average Bonchev–Trinajstić information content (AvgIpc) is 3.16. The largest absolute Gasteiger partial charge is 0.361 e. The minimum Gasteiger partial charge on any atom is -0.361 e. The summed E-state index contributed by atoms with van der Waals surface area (Å²) < 4.78 is 6.98. The third-order valence-corrected chi connectivity index (χ3v) is 4.02. The average molecular weight is 302 g/mol. The number of rotatable bonds is 2. The summed E-state index contributed by atoms with van der Waals surface area (Å²) in [5.41, 5.74) is 1.33. The van der Waals surface area contributed by atoms with Crippen molar-refractivity contribution in [2.75, 3.05) is 6.54 Å². The molecule has 1 fully saturated rings. The van der Waals surface area contributed by atoms with Gasteiger partial charge in [-0.1, -0.05) is 5.16 Å². The van der Waals surface area contributed by atoms with E-state index in [2.05, 4.69) is 31.0 Å². The normalized spacial score (nSPS) is 18.9. The van der Waals surface area contributed by atoms with Crippen molar-refractivity contribution in [3.63, 3.8) is 0 Å². The van der Waals surface area contributed by atoms with Crippen molar-refractivity contribution in [2.24, 2.45) is 0 Å². The van der Waals surface area contributed by atoms with Gasteiger partial charge in [0.15, 0.2) is 0 Å². The highest BCUT2D eigenvalue weighted by Crippen LogP contribution is 2.32. The van der Waals surface area contributed by atoms with Crippen molar-refractivity contribution in [1.29, 1.82) is 0 Å². The zero-order valence-electron chi connectivity index (χ0n) is 13.5. The van der Waals surface area contributed by atoms with Crippen molar-refractivity contribution < 1.29 is 9.32 Å². The minimum atomic E-state index is -0.133. The van der Waals surface area contributed by atoms with Gasteiger partial charge in [0.2, 0.25) is 0 Å². The number of hydrogen-bond acceptors (Lipinski definition) is 4. The third kappa shape index (κ3) is 2.65. The lowest BCUT2D eigenvalue weighted by Crippen LogP contribution is -2.30. The molecule has 0 spiro atoms. The molecule has 1 atom stereocenters. The fourth-order valence-corrected chi connectivity index (χ4v) is 2.83. The number of carbonyl (C=O) groups excluding carboxylic acids is 1. The van der Waals surface area contributed by atoms with Gasteiger partial charge < -0.3 is 9.42 Å². The number of aromatic nitrogens is 3. The Morgan fingerprint density at radius 2 is 2.18 bits per heavy atom. The quantitative estimate of drug-likeness (QED) is 0.855. The summed E-state index contributed by atoms with van der Waals surface area (Å²) in [5, 5.41) is 8.40. The molecule has 0 aliphatic carbocycles. The molecule has 6 nitrogen and oxygen atoms in total. The van der Waals surface area contributed by atoms with E-state index in [0.717, 1.165) is 30.8 Å². The predicted octanol–water partition coefficient (Wildman–Crippen LogP) is 2.91. The van der Waals surface area contributed by atoms with Crippen LogP contribution in [0, 0.1) is 6.92 Å². The Morgan fingerprint density at radius 3 is 2.77 bits per heavy atom. The van der Waals surface area contributed by atoms with E-state index in [4.69, 9.17) is 4.52 Å². The van der Waals surface area contributed by atoms with Crippen molar-refractivity contribution >= 4 is 5.91 Å². The van der Waals surface area contributed by atoms with Crippen LogP contribution in [0.15, 0.2) is 23.0 Å². The molecule has 3 heterocycles. The predicted molar refractivity (Wildman–Crippen MR) is 81.5 cm³/mol. The number of likely N-dealkylation sites (tertiary alicyclic amines) is 1. The second-order valence-electron chi connectivity index (χ2n) is 6.86. The maximum atomic E-state index is 12.8. The van der Waals surface area contributed by atoms with Gasteiger partial charge in [0, 0.05) is 18.8 Å². The molecule has 0 saturated carbocycles. The van der Waals surface area contributed by atoms with Crippen molar-refractivity contribution in [3.05, 3.63) is 35.5 Å². The maximum absolute atomic E-state index is 12.8. The van der Waals surface area contributed by atoms with Crippen LogP contribution in [0.4, 0.5) is 0 Å². The Morgan fingerprint density at radius 1 is 1.41 bits per heavy atom. The molecule has 22 heavy (non-hydrogen) atoms. The molecule has 1 aliphatic rings. The van der Waals surface area contributed by atoms with Gasteiger partial charge in [0.05, 0.1) is 23.3 Å². The number of aryl methyl sites for hydroxylation is 1. The van der Waals surface area contributed by atoms with Gasteiger partial charge in [-0.05, 0) is 40.5 Å². The van der Waals surface area contributed by atoms with Crippen molar-refractivity contribution in [3.8, 4) is 0 Å². The highest BCUT2D eigenvalue weighted by atomic mass is 16.5. The van der Waals surface area contributed by atoms with Gasteiger partial charge in [0.1, 0.15) is 11.5 Å². The van der Waals surface area contributed by atoms with E-state index in [0.29, 0.717) is 5.56 Å². The maximum Gasteiger partial charge on any atom is 0.257 e. The Kier molecular flexibility index (Phi) is 3.54. The van der Waals surface area contributed by atoms with Crippen LogP contribution >= 0.6 is 0 Å². The Balaban J connectivity index is 1.83. The highest BCUT2D eigenvalue weighted by Gasteiger charge is 2.33. The van der Waals surface area contributed by atoms with Crippen molar-refractivity contribution in [1.82, 2.24) is 19.8 Å². The second-order valence-corrected chi connectivity index (χ2v) is 6.86. The van der Waals surface area contributed by atoms with E-state index in [1.165, 1.54) is 0 Å². The lowest BCUT2D eigenvalue weighted by Gasteiger charge is -2.22. The molecular formula is C16H22N4O2. The summed E-state index contributed by atoms with van der Waals surface area (Å²) in [6, 6.07) is 1.91. The number of amides is 1. The fourth-order valence-electron chi connectivity index (χ4n) is 2.83. The van der Waals surface area contributed by atoms with Gasteiger partial charge in [0.25, 0.3) is 5.91 Å². The van der Waals surface area contributed by atoms with Gasteiger partial charge in [-0.15, -0.1) is 0 Å². The Bertz CT molecular complexity index is 680. The number of carbonyl (C=O) groups is 1. The first-order valence-electron chi connectivity index (χ1n) is 7.65. The molecule has 118 valence electrons. The highest BCUT2D eigenvalue weighted by molar-refractivity contribution is 5.94. The molecule has 6 heteroatoms. The molecule has 2 aromatic rings. The Labute approximate surface area is 130 Å². The first kappa shape index (κ1) is 14.8. The summed E-state index contributed by atoms with van der Waals surface area (Å²) in [7, 11) is 0. The Hall–Kier alpha value is -2.11. The zero-order valence-corrected chi connectivity index (χ0v) is 13.5. The molecule has 1 aliphatic heterocycles. The summed E-state index contributed by atoms with van der Waals surface area (Å²) in [6.07, 6.45) is 5.38. The molecular weight excluding hydrogens is 280 g/mol. The van der Waals surface area contributed by atoms with Crippen LogP contribution in [-0.4, -0.2) is 32.3 Å². The fraction of sp³-hybridized carbons (Fsp3) is 0.562. The van der Waals surface area contributed by atoms with Gasteiger partial charge in [-0.3, -0.25) is 9.48 Å². The number of hydrogen-bond donors (Lipinski definition) is 0. The monoisotopic (exact) mass is 302 g/mol. The molecule has 3 rings (SSSR count). The second kappa shape index (κ2) is 5.26. The van der Waals surface area contributed by atoms with Crippen LogP contribution in [0.25, 0.3) is 0 Å². The topological polar surface area (TPSA) is 64.2 Å².